The van der Waals surface area contributed by atoms with Gasteiger partial charge in [0.25, 0.3) is 5.91 Å². The van der Waals surface area contributed by atoms with Crippen molar-refractivity contribution in [2.24, 2.45) is 0 Å². The standard InChI is InChI=1S/C28H28BrN7O/c29-23-14-8-7-13-22(23)28(37)34-33-26-24(30)27(32-19-31-26)36-17-15-35(16-18-36)25(20-9-3-1-4-10-20)21-11-5-2-6-12-21/h1-14,19,25H,15-18,30H2,(H,34,37)(H,31,32,33). The summed E-state index contributed by atoms with van der Waals surface area (Å²) in [7, 11) is 0. The number of nitrogen functional groups attached to an aromatic ring is 1. The third kappa shape index (κ3) is 5.58. The molecule has 1 aromatic heterocycles. The van der Waals surface area contributed by atoms with E-state index in [4.69, 9.17) is 5.73 Å². The van der Waals surface area contributed by atoms with Gasteiger partial charge in [-0.2, -0.15) is 0 Å². The van der Waals surface area contributed by atoms with Gasteiger partial charge in [-0.3, -0.25) is 20.5 Å². The van der Waals surface area contributed by atoms with Gasteiger partial charge in [0.15, 0.2) is 11.6 Å². The van der Waals surface area contributed by atoms with E-state index in [9.17, 15) is 4.79 Å². The second kappa shape index (κ2) is 11.4. The van der Waals surface area contributed by atoms with Crippen LogP contribution in [0.2, 0.25) is 0 Å². The number of hydrogen-bond acceptors (Lipinski definition) is 7. The molecule has 0 bridgehead atoms. The van der Waals surface area contributed by atoms with Crippen LogP contribution < -0.4 is 21.5 Å². The fourth-order valence-electron chi connectivity index (χ4n) is 4.64. The van der Waals surface area contributed by atoms with Crippen LogP contribution in [0.3, 0.4) is 0 Å². The van der Waals surface area contributed by atoms with E-state index in [1.807, 2.05) is 24.3 Å². The Kier molecular flexibility index (Phi) is 7.62. The molecule has 0 aliphatic carbocycles. The molecule has 5 rings (SSSR count). The molecule has 9 heteroatoms. The molecule has 3 aromatic carbocycles. The molecule has 1 aliphatic rings. The first-order chi connectivity index (χ1) is 18.1. The maximum absolute atomic E-state index is 12.6. The molecular weight excluding hydrogens is 530 g/mol. The van der Waals surface area contributed by atoms with Gasteiger partial charge in [0.05, 0.1) is 11.6 Å². The first-order valence-corrected chi connectivity index (χ1v) is 12.9. The Balaban J connectivity index is 1.28. The number of benzene rings is 3. The Morgan fingerprint density at radius 2 is 1.43 bits per heavy atom. The zero-order chi connectivity index (χ0) is 25.6. The van der Waals surface area contributed by atoms with Crippen molar-refractivity contribution in [3.63, 3.8) is 0 Å². The molecule has 2 heterocycles. The normalized spacial score (nSPS) is 13.9. The number of carbonyl (C=O) groups excluding carboxylic acids is 1. The van der Waals surface area contributed by atoms with Crippen LogP contribution in [0, 0.1) is 0 Å². The van der Waals surface area contributed by atoms with Gasteiger partial charge in [-0.25, -0.2) is 9.97 Å². The molecule has 4 aromatic rings. The number of aromatic nitrogens is 2. The molecule has 1 amide bonds. The van der Waals surface area contributed by atoms with Crippen molar-refractivity contribution in [2.45, 2.75) is 6.04 Å². The highest BCUT2D eigenvalue weighted by molar-refractivity contribution is 9.10. The van der Waals surface area contributed by atoms with Crippen LogP contribution in [0.1, 0.15) is 27.5 Å². The second-order valence-corrected chi connectivity index (χ2v) is 9.62. The topological polar surface area (TPSA) is 99.4 Å². The average molecular weight is 558 g/mol. The number of rotatable bonds is 7. The van der Waals surface area contributed by atoms with E-state index >= 15 is 0 Å². The van der Waals surface area contributed by atoms with Crippen molar-refractivity contribution in [3.8, 4) is 0 Å². The Labute approximate surface area is 224 Å². The first-order valence-electron chi connectivity index (χ1n) is 12.1. The van der Waals surface area contributed by atoms with Gasteiger partial charge in [-0.1, -0.05) is 72.8 Å². The Hall–Kier alpha value is -3.95. The minimum atomic E-state index is -0.298. The highest BCUT2D eigenvalue weighted by Gasteiger charge is 2.28. The van der Waals surface area contributed by atoms with E-state index in [0.29, 0.717) is 27.4 Å². The molecule has 1 aliphatic heterocycles. The van der Waals surface area contributed by atoms with E-state index in [1.54, 1.807) is 12.1 Å². The molecule has 0 atom stereocenters. The lowest BCUT2D eigenvalue weighted by Gasteiger charge is -2.40. The van der Waals surface area contributed by atoms with Crippen LogP contribution in [0.25, 0.3) is 0 Å². The summed E-state index contributed by atoms with van der Waals surface area (Å²) in [6.45, 7) is 3.22. The smallest absolute Gasteiger partial charge is 0.270 e. The highest BCUT2D eigenvalue weighted by atomic mass is 79.9. The monoisotopic (exact) mass is 557 g/mol. The summed E-state index contributed by atoms with van der Waals surface area (Å²) in [6.07, 6.45) is 1.46. The maximum atomic E-state index is 12.6. The predicted molar refractivity (Wildman–Crippen MR) is 150 cm³/mol. The summed E-state index contributed by atoms with van der Waals surface area (Å²) < 4.78 is 0.702. The zero-order valence-electron chi connectivity index (χ0n) is 20.2. The van der Waals surface area contributed by atoms with Crippen LogP contribution in [0.4, 0.5) is 17.3 Å². The van der Waals surface area contributed by atoms with Gasteiger partial charge in [0, 0.05) is 30.7 Å². The molecule has 1 fully saturated rings. The lowest BCUT2D eigenvalue weighted by atomic mass is 9.96. The number of anilines is 3. The fourth-order valence-corrected chi connectivity index (χ4v) is 5.11. The van der Waals surface area contributed by atoms with E-state index in [1.165, 1.54) is 17.5 Å². The molecule has 188 valence electrons. The van der Waals surface area contributed by atoms with Crippen molar-refractivity contribution < 1.29 is 4.79 Å². The van der Waals surface area contributed by atoms with Crippen molar-refractivity contribution in [1.82, 2.24) is 20.3 Å². The first kappa shape index (κ1) is 24.7. The third-order valence-corrected chi connectivity index (χ3v) is 7.18. The van der Waals surface area contributed by atoms with Gasteiger partial charge in [0.1, 0.15) is 12.0 Å². The Morgan fingerprint density at radius 3 is 2.05 bits per heavy atom. The molecule has 0 spiro atoms. The fraction of sp³-hybridized carbons (Fsp3) is 0.179. The SMILES string of the molecule is Nc1c(NNC(=O)c2ccccc2Br)ncnc1N1CCN(C(c2ccccc2)c2ccccc2)CC1. The number of nitrogens with one attached hydrogen (secondary N) is 2. The number of hydrazine groups is 1. The number of amides is 1. The molecule has 0 radical (unpaired) electrons. The largest absolute Gasteiger partial charge is 0.393 e. The Morgan fingerprint density at radius 1 is 0.838 bits per heavy atom. The van der Waals surface area contributed by atoms with Gasteiger partial charge in [-0.05, 0) is 39.2 Å². The lowest BCUT2D eigenvalue weighted by Crippen LogP contribution is -2.48. The Bertz CT molecular complexity index is 1310. The minimum Gasteiger partial charge on any atom is -0.393 e. The van der Waals surface area contributed by atoms with Gasteiger partial charge in [0.2, 0.25) is 0 Å². The number of nitrogens with two attached hydrogens (primary N) is 1. The van der Waals surface area contributed by atoms with Crippen LogP contribution in [-0.4, -0.2) is 47.0 Å². The molecule has 4 N–H and O–H groups in total. The van der Waals surface area contributed by atoms with Crippen LogP contribution in [0.5, 0.6) is 0 Å². The zero-order valence-corrected chi connectivity index (χ0v) is 21.8. The summed E-state index contributed by atoms with van der Waals surface area (Å²) in [5, 5.41) is 0. The van der Waals surface area contributed by atoms with E-state index in [0.717, 1.165) is 26.2 Å². The van der Waals surface area contributed by atoms with Crippen LogP contribution >= 0.6 is 15.9 Å². The number of hydrogen-bond donors (Lipinski definition) is 3. The van der Waals surface area contributed by atoms with E-state index in [2.05, 4.69) is 95.1 Å². The third-order valence-electron chi connectivity index (χ3n) is 6.49. The molecule has 8 nitrogen and oxygen atoms in total. The number of nitrogens with zero attached hydrogens (tertiary/aromatic N) is 4. The number of carbonyl (C=O) groups is 1. The summed E-state index contributed by atoms with van der Waals surface area (Å²) in [5.41, 5.74) is 15.4. The average Bonchev–Trinajstić information content (AvgIpc) is 2.94. The lowest BCUT2D eigenvalue weighted by molar-refractivity contribution is 0.0961. The van der Waals surface area contributed by atoms with Crippen molar-refractivity contribution in [3.05, 3.63) is 112 Å². The van der Waals surface area contributed by atoms with Gasteiger partial charge < -0.3 is 10.6 Å². The van der Waals surface area contributed by atoms with Gasteiger partial charge >= 0.3 is 0 Å². The summed E-state index contributed by atoms with van der Waals surface area (Å²) in [5.74, 6) is 0.719. The van der Waals surface area contributed by atoms with E-state index in [-0.39, 0.29) is 11.9 Å². The van der Waals surface area contributed by atoms with Gasteiger partial charge in [-0.15, -0.1) is 0 Å². The number of piperazine rings is 1. The summed E-state index contributed by atoms with van der Waals surface area (Å²) in [4.78, 5) is 25.9. The summed E-state index contributed by atoms with van der Waals surface area (Å²) >= 11 is 3.40. The van der Waals surface area contributed by atoms with Crippen molar-refractivity contribution in [1.29, 1.82) is 0 Å². The van der Waals surface area contributed by atoms with Crippen molar-refractivity contribution >= 4 is 39.2 Å². The van der Waals surface area contributed by atoms with Crippen LogP contribution in [0.15, 0.2) is 95.7 Å². The molecular formula is C28H28BrN7O. The maximum Gasteiger partial charge on any atom is 0.270 e. The predicted octanol–water partition coefficient (Wildman–Crippen LogP) is 4.49. The minimum absolute atomic E-state index is 0.178. The van der Waals surface area contributed by atoms with Crippen molar-refractivity contribution in [2.75, 3.05) is 42.2 Å². The molecule has 1 saturated heterocycles. The highest BCUT2D eigenvalue weighted by Crippen LogP contribution is 2.32. The van der Waals surface area contributed by atoms with Crippen LogP contribution in [-0.2, 0) is 0 Å². The number of halogens is 1. The molecule has 0 saturated carbocycles. The second-order valence-electron chi connectivity index (χ2n) is 8.77. The van der Waals surface area contributed by atoms with E-state index < -0.39 is 0 Å². The summed E-state index contributed by atoms with van der Waals surface area (Å²) in [6, 6.07) is 28.6. The molecule has 37 heavy (non-hydrogen) atoms. The quantitative estimate of drug-likeness (QED) is 0.288. The molecule has 0 unspecified atom stereocenters.